The Kier molecular flexibility index (Phi) is 6.87. The van der Waals surface area contributed by atoms with Crippen molar-refractivity contribution in [2.24, 2.45) is 11.3 Å². The van der Waals surface area contributed by atoms with E-state index in [1.807, 2.05) is 6.07 Å². The molecule has 6 heteroatoms. The Bertz CT molecular complexity index is 952. The number of aryl methyl sites for hydroxylation is 1. The maximum absolute atomic E-state index is 12.3. The zero-order valence-electron chi connectivity index (χ0n) is 17.1. The molecule has 1 N–H and O–H groups in total. The van der Waals surface area contributed by atoms with Gasteiger partial charge in [0.25, 0.3) is 0 Å². The van der Waals surface area contributed by atoms with Crippen molar-refractivity contribution in [3.63, 3.8) is 0 Å². The van der Waals surface area contributed by atoms with Crippen LogP contribution < -0.4 is 5.32 Å². The first-order chi connectivity index (χ1) is 13.8. The van der Waals surface area contributed by atoms with E-state index < -0.39 is 0 Å². The van der Waals surface area contributed by atoms with Crippen LogP contribution >= 0.6 is 23.4 Å². The number of amides is 1. The second-order valence-corrected chi connectivity index (χ2v) is 9.59. The number of benzene rings is 1. The standard InChI is InChI=1S/C23H26ClN3OS/c1-4-23(2,3)17-8-9-20-15(11-17)10-16(13-25)22(27-20)29-14-21(28)26-19-7-5-6-18(24)12-19/h5-7,10,12,17H,4,8-9,11,14H2,1-3H3,(H,26,28). The first-order valence-corrected chi connectivity index (χ1v) is 11.3. The fraction of sp³-hybridized carbons (Fsp3) is 0.435. The van der Waals surface area contributed by atoms with E-state index in [1.54, 1.807) is 24.3 Å². The summed E-state index contributed by atoms with van der Waals surface area (Å²) in [5.74, 6) is 0.652. The van der Waals surface area contributed by atoms with Crippen molar-refractivity contribution >= 4 is 35.0 Å². The topological polar surface area (TPSA) is 65.8 Å². The number of aromatic nitrogens is 1. The predicted octanol–water partition coefficient (Wildman–Crippen LogP) is 5.88. The number of pyridine rings is 1. The van der Waals surface area contributed by atoms with E-state index in [4.69, 9.17) is 16.6 Å². The van der Waals surface area contributed by atoms with Gasteiger partial charge in [-0.3, -0.25) is 4.79 Å². The number of carbonyl (C=O) groups excluding carboxylic acids is 1. The normalized spacial score (nSPS) is 16.0. The Morgan fingerprint density at radius 3 is 2.90 bits per heavy atom. The molecule has 1 aliphatic carbocycles. The third kappa shape index (κ3) is 5.32. The molecule has 3 rings (SSSR count). The highest BCUT2D eigenvalue weighted by Gasteiger charge is 2.32. The summed E-state index contributed by atoms with van der Waals surface area (Å²) < 4.78 is 0. The summed E-state index contributed by atoms with van der Waals surface area (Å²) >= 11 is 7.26. The van der Waals surface area contributed by atoms with Crippen molar-refractivity contribution in [3.05, 3.63) is 52.2 Å². The summed E-state index contributed by atoms with van der Waals surface area (Å²) in [5, 5.41) is 13.6. The third-order valence-electron chi connectivity index (χ3n) is 5.94. The zero-order valence-corrected chi connectivity index (χ0v) is 18.7. The number of halogens is 1. The summed E-state index contributed by atoms with van der Waals surface area (Å²) in [6, 6.07) is 11.3. The maximum Gasteiger partial charge on any atom is 0.234 e. The van der Waals surface area contributed by atoms with Gasteiger partial charge in [-0.1, -0.05) is 56.6 Å². The molecule has 0 bridgehead atoms. The molecule has 1 amide bonds. The van der Waals surface area contributed by atoms with Crippen LogP contribution in [-0.2, 0) is 17.6 Å². The largest absolute Gasteiger partial charge is 0.325 e. The van der Waals surface area contributed by atoms with Gasteiger partial charge in [0.1, 0.15) is 11.1 Å². The fourth-order valence-corrected chi connectivity index (χ4v) is 4.65. The van der Waals surface area contributed by atoms with Gasteiger partial charge in [-0.05, 0) is 60.4 Å². The first-order valence-electron chi connectivity index (χ1n) is 9.93. The van der Waals surface area contributed by atoms with Crippen molar-refractivity contribution in [1.29, 1.82) is 5.26 Å². The number of thioether (sulfide) groups is 1. The molecule has 29 heavy (non-hydrogen) atoms. The van der Waals surface area contributed by atoms with Crippen LogP contribution in [0.3, 0.4) is 0 Å². The lowest BCUT2D eigenvalue weighted by atomic mass is 9.69. The molecule has 2 aromatic rings. The van der Waals surface area contributed by atoms with Crippen molar-refractivity contribution in [2.45, 2.75) is 51.5 Å². The molecule has 1 aromatic carbocycles. The molecule has 0 fully saturated rings. The molecule has 0 aliphatic heterocycles. The molecule has 1 heterocycles. The van der Waals surface area contributed by atoms with Gasteiger partial charge in [-0.25, -0.2) is 4.98 Å². The second-order valence-electron chi connectivity index (χ2n) is 8.19. The number of hydrogen-bond donors (Lipinski definition) is 1. The SMILES string of the molecule is CCC(C)(C)C1CCc2nc(SCC(=O)Nc3cccc(Cl)c3)c(C#N)cc2C1. The van der Waals surface area contributed by atoms with Gasteiger partial charge >= 0.3 is 0 Å². The molecule has 152 valence electrons. The third-order valence-corrected chi connectivity index (χ3v) is 7.16. The van der Waals surface area contributed by atoms with Crippen LogP contribution in [0.2, 0.25) is 5.02 Å². The lowest BCUT2D eigenvalue weighted by Crippen LogP contribution is -2.29. The second kappa shape index (κ2) is 9.19. The number of carbonyl (C=O) groups is 1. The first kappa shape index (κ1) is 21.7. The summed E-state index contributed by atoms with van der Waals surface area (Å²) in [6.07, 6.45) is 4.16. The Balaban J connectivity index is 1.69. The van der Waals surface area contributed by atoms with Gasteiger partial charge in [0.2, 0.25) is 5.91 Å². The van der Waals surface area contributed by atoms with Crippen molar-refractivity contribution in [1.82, 2.24) is 4.98 Å². The van der Waals surface area contributed by atoms with Gasteiger partial charge in [-0.2, -0.15) is 5.26 Å². The molecule has 0 radical (unpaired) electrons. The van der Waals surface area contributed by atoms with Crippen LogP contribution in [0.1, 0.15) is 50.4 Å². The zero-order chi connectivity index (χ0) is 21.0. The minimum absolute atomic E-state index is 0.148. The Morgan fingerprint density at radius 1 is 1.41 bits per heavy atom. The minimum Gasteiger partial charge on any atom is -0.325 e. The Hall–Kier alpha value is -2.03. The molecular formula is C23H26ClN3OS. The van der Waals surface area contributed by atoms with Crippen LogP contribution in [0.25, 0.3) is 0 Å². The molecule has 4 nitrogen and oxygen atoms in total. The van der Waals surface area contributed by atoms with Crippen LogP contribution in [0, 0.1) is 22.7 Å². The van der Waals surface area contributed by atoms with E-state index in [2.05, 4.69) is 32.2 Å². The van der Waals surface area contributed by atoms with Crippen LogP contribution in [0.4, 0.5) is 5.69 Å². The van der Waals surface area contributed by atoms with E-state index in [0.29, 0.717) is 27.2 Å². The highest BCUT2D eigenvalue weighted by Crippen LogP contribution is 2.40. The summed E-state index contributed by atoms with van der Waals surface area (Å²) in [7, 11) is 0. The summed E-state index contributed by atoms with van der Waals surface area (Å²) in [6.45, 7) is 6.89. The van der Waals surface area contributed by atoms with Crippen molar-refractivity contribution in [3.8, 4) is 6.07 Å². The number of rotatable bonds is 6. The molecule has 1 unspecified atom stereocenters. The molecular weight excluding hydrogens is 402 g/mol. The average Bonchev–Trinajstić information content (AvgIpc) is 2.71. The monoisotopic (exact) mass is 427 g/mol. The van der Waals surface area contributed by atoms with Gasteiger partial charge < -0.3 is 5.32 Å². The molecule has 0 spiro atoms. The lowest BCUT2D eigenvalue weighted by Gasteiger charge is -2.37. The summed E-state index contributed by atoms with van der Waals surface area (Å²) in [5.41, 5.74) is 3.76. The number of fused-ring (bicyclic) bond motifs is 1. The Morgan fingerprint density at radius 2 is 2.21 bits per heavy atom. The minimum atomic E-state index is -0.148. The number of nitrogens with one attached hydrogen (secondary N) is 1. The molecule has 1 aliphatic rings. The number of anilines is 1. The Labute approximate surface area is 182 Å². The van der Waals surface area contributed by atoms with E-state index in [1.165, 1.54) is 17.3 Å². The number of hydrogen-bond acceptors (Lipinski definition) is 4. The highest BCUT2D eigenvalue weighted by molar-refractivity contribution is 8.00. The summed E-state index contributed by atoms with van der Waals surface area (Å²) in [4.78, 5) is 17.0. The van der Waals surface area contributed by atoms with Gasteiger partial charge in [-0.15, -0.1) is 0 Å². The quantitative estimate of drug-likeness (QED) is 0.584. The van der Waals surface area contributed by atoms with Crippen molar-refractivity contribution in [2.75, 3.05) is 11.1 Å². The van der Waals surface area contributed by atoms with Gasteiger partial charge in [0.05, 0.1) is 11.3 Å². The van der Waals surface area contributed by atoms with E-state index in [9.17, 15) is 10.1 Å². The van der Waals surface area contributed by atoms with Gasteiger partial charge in [0.15, 0.2) is 0 Å². The van der Waals surface area contributed by atoms with Crippen LogP contribution in [-0.4, -0.2) is 16.6 Å². The van der Waals surface area contributed by atoms with E-state index in [0.717, 1.165) is 31.4 Å². The number of nitriles is 1. The predicted molar refractivity (Wildman–Crippen MR) is 119 cm³/mol. The highest BCUT2D eigenvalue weighted by atomic mass is 35.5. The van der Waals surface area contributed by atoms with Crippen molar-refractivity contribution < 1.29 is 4.79 Å². The van der Waals surface area contributed by atoms with Crippen LogP contribution in [0.5, 0.6) is 0 Å². The number of nitrogens with zero attached hydrogens (tertiary/aromatic N) is 2. The lowest BCUT2D eigenvalue weighted by molar-refractivity contribution is -0.113. The molecule has 1 aromatic heterocycles. The molecule has 1 atom stereocenters. The molecule has 0 saturated carbocycles. The molecule has 0 saturated heterocycles. The van der Waals surface area contributed by atoms with Gasteiger partial charge in [0, 0.05) is 16.4 Å². The smallest absolute Gasteiger partial charge is 0.234 e. The van der Waals surface area contributed by atoms with E-state index >= 15 is 0 Å². The average molecular weight is 428 g/mol. The fourth-order valence-electron chi connectivity index (χ4n) is 3.69. The van der Waals surface area contributed by atoms with E-state index in [-0.39, 0.29) is 17.1 Å². The van der Waals surface area contributed by atoms with Crippen LogP contribution in [0.15, 0.2) is 35.4 Å². The maximum atomic E-state index is 12.3.